The van der Waals surface area contributed by atoms with Crippen molar-refractivity contribution in [3.63, 3.8) is 0 Å². The second kappa shape index (κ2) is 14.8. The summed E-state index contributed by atoms with van der Waals surface area (Å²) in [6.45, 7) is 0. The Kier molecular flexibility index (Phi) is 8.53. The summed E-state index contributed by atoms with van der Waals surface area (Å²) in [5.41, 5.74) is 18.9. The Balaban J connectivity index is 1.26. The lowest BCUT2D eigenvalue weighted by atomic mass is 9.94. The first-order chi connectivity index (χ1) is 30.8. The number of nitrogens with zero attached hydrogens (tertiary/aromatic N) is 2. The van der Waals surface area contributed by atoms with Gasteiger partial charge in [-0.2, -0.15) is 0 Å². The molecule has 0 aliphatic heterocycles. The summed E-state index contributed by atoms with van der Waals surface area (Å²) in [5.74, 6) is 0. The Morgan fingerprint density at radius 2 is 0.500 bits per heavy atom. The summed E-state index contributed by atoms with van der Waals surface area (Å²) in [4.78, 5) is 0. The highest BCUT2D eigenvalue weighted by Gasteiger charge is 2.25. The molecular formula is C60H40N2. The maximum absolute atomic E-state index is 2.52. The molecule has 0 saturated carbocycles. The van der Waals surface area contributed by atoms with Gasteiger partial charge in [-0.15, -0.1) is 0 Å². The number of fused-ring (bicyclic) bond motifs is 6. The summed E-state index contributed by atoms with van der Waals surface area (Å²) in [7, 11) is 0. The van der Waals surface area contributed by atoms with Crippen LogP contribution in [-0.4, -0.2) is 9.13 Å². The van der Waals surface area contributed by atoms with Crippen molar-refractivity contribution < 1.29 is 0 Å². The van der Waals surface area contributed by atoms with E-state index in [-0.39, 0.29) is 0 Å². The second-order valence-corrected chi connectivity index (χ2v) is 16.0. The summed E-state index contributed by atoms with van der Waals surface area (Å²) < 4.78 is 5.04. The van der Waals surface area contributed by atoms with E-state index in [2.05, 4.69) is 252 Å². The highest BCUT2D eigenvalue weighted by Crippen LogP contribution is 2.48. The van der Waals surface area contributed by atoms with Gasteiger partial charge in [0.1, 0.15) is 0 Å². The first-order valence-corrected chi connectivity index (χ1v) is 21.4. The van der Waals surface area contributed by atoms with Crippen molar-refractivity contribution in [3.8, 4) is 67.0 Å². The van der Waals surface area contributed by atoms with E-state index < -0.39 is 0 Å². The van der Waals surface area contributed by atoms with Crippen LogP contribution in [-0.2, 0) is 0 Å². The van der Waals surface area contributed by atoms with Gasteiger partial charge in [0.2, 0.25) is 0 Å². The van der Waals surface area contributed by atoms with Crippen LogP contribution in [0.5, 0.6) is 0 Å². The van der Waals surface area contributed by atoms with Gasteiger partial charge in [-0.1, -0.05) is 194 Å². The van der Waals surface area contributed by atoms with Crippen molar-refractivity contribution in [2.75, 3.05) is 0 Å². The summed E-state index contributed by atoms with van der Waals surface area (Å²) in [6.07, 6.45) is 0. The first kappa shape index (κ1) is 35.7. The molecule has 2 aromatic heterocycles. The smallest absolute Gasteiger partial charge is 0.0620 e. The van der Waals surface area contributed by atoms with E-state index in [1.807, 2.05) is 0 Å². The molecule has 2 heterocycles. The Morgan fingerprint density at radius 1 is 0.194 bits per heavy atom. The van der Waals surface area contributed by atoms with E-state index in [1.165, 1.54) is 99.2 Å². The van der Waals surface area contributed by atoms with Gasteiger partial charge in [0.05, 0.1) is 22.1 Å². The fraction of sp³-hybridized carbons (Fsp3) is 0. The minimum absolute atomic E-state index is 1.12. The van der Waals surface area contributed by atoms with Crippen LogP contribution in [0.2, 0.25) is 0 Å². The van der Waals surface area contributed by atoms with Crippen molar-refractivity contribution in [1.82, 2.24) is 9.13 Å². The molecular weight excluding hydrogens is 749 g/mol. The van der Waals surface area contributed by atoms with Crippen LogP contribution >= 0.6 is 0 Å². The van der Waals surface area contributed by atoms with E-state index in [9.17, 15) is 0 Å². The third-order valence-corrected chi connectivity index (χ3v) is 12.5. The maximum atomic E-state index is 2.52. The van der Waals surface area contributed by atoms with Crippen LogP contribution in [0.1, 0.15) is 0 Å². The standard InChI is InChI=1S/C60H40N2/c1-7-21-41(22-8-1)45-37-53(43-25-11-3-12-26-43)59-55(39-45)51-35-19-33-49(57(51)61(59)47-29-15-5-16-30-47)50-34-20-36-52-56-40-46(42-23-9-2-10-24-42)38-54(44-27-13-4-14-28-44)60(56)62(58(50)52)48-31-17-6-18-32-48/h1-40H. The van der Waals surface area contributed by atoms with Crippen LogP contribution in [0, 0.1) is 0 Å². The molecule has 62 heavy (non-hydrogen) atoms. The lowest BCUT2D eigenvalue weighted by Crippen LogP contribution is -1.99. The molecule has 0 unspecified atom stereocenters. The molecule has 0 bridgehead atoms. The quantitative estimate of drug-likeness (QED) is 0.152. The van der Waals surface area contributed by atoms with E-state index in [4.69, 9.17) is 0 Å². The molecule has 0 atom stereocenters. The average molecular weight is 789 g/mol. The summed E-state index contributed by atoms with van der Waals surface area (Å²) in [6, 6.07) is 88.5. The van der Waals surface area contributed by atoms with E-state index in [0.717, 1.165) is 11.4 Å². The number of aromatic nitrogens is 2. The Hall–Kier alpha value is -8.20. The molecule has 0 aliphatic carbocycles. The first-order valence-electron chi connectivity index (χ1n) is 21.4. The average Bonchev–Trinajstić information content (AvgIpc) is 3.88. The monoisotopic (exact) mass is 788 g/mol. The van der Waals surface area contributed by atoms with Crippen molar-refractivity contribution in [3.05, 3.63) is 243 Å². The molecule has 12 rings (SSSR count). The molecule has 0 radical (unpaired) electrons. The van der Waals surface area contributed by atoms with Crippen LogP contribution in [0.4, 0.5) is 0 Å². The number of para-hydroxylation sites is 4. The number of rotatable bonds is 7. The summed E-state index contributed by atoms with van der Waals surface area (Å²) >= 11 is 0. The number of hydrogen-bond acceptors (Lipinski definition) is 0. The molecule has 0 fully saturated rings. The van der Waals surface area contributed by atoms with Gasteiger partial charge in [0, 0.05) is 55.2 Å². The fourth-order valence-corrected chi connectivity index (χ4v) is 9.76. The van der Waals surface area contributed by atoms with Gasteiger partial charge >= 0.3 is 0 Å². The topological polar surface area (TPSA) is 9.86 Å². The van der Waals surface area contributed by atoms with Crippen LogP contribution < -0.4 is 0 Å². The van der Waals surface area contributed by atoms with Crippen LogP contribution in [0.15, 0.2) is 243 Å². The Bertz CT molecular complexity index is 3330. The zero-order valence-corrected chi connectivity index (χ0v) is 34.0. The van der Waals surface area contributed by atoms with Gasteiger partial charge in [-0.05, 0) is 81.9 Å². The van der Waals surface area contributed by atoms with E-state index in [1.54, 1.807) is 0 Å². The molecule has 0 aliphatic rings. The van der Waals surface area contributed by atoms with Gasteiger partial charge in [-0.3, -0.25) is 0 Å². The molecule has 12 aromatic rings. The lowest BCUT2D eigenvalue weighted by molar-refractivity contribution is 1.17. The van der Waals surface area contributed by atoms with Crippen molar-refractivity contribution in [2.24, 2.45) is 0 Å². The van der Waals surface area contributed by atoms with E-state index in [0.29, 0.717) is 0 Å². The third-order valence-electron chi connectivity index (χ3n) is 12.5. The molecule has 0 saturated heterocycles. The molecule has 2 heteroatoms. The van der Waals surface area contributed by atoms with Crippen LogP contribution in [0.3, 0.4) is 0 Å². The Morgan fingerprint density at radius 3 is 0.855 bits per heavy atom. The van der Waals surface area contributed by atoms with Crippen molar-refractivity contribution in [1.29, 1.82) is 0 Å². The molecule has 0 N–H and O–H groups in total. The largest absolute Gasteiger partial charge is 0.308 e. The Labute approximate surface area is 360 Å². The van der Waals surface area contributed by atoms with Gasteiger partial charge in [0.15, 0.2) is 0 Å². The zero-order valence-electron chi connectivity index (χ0n) is 34.0. The minimum Gasteiger partial charge on any atom is -0.308 e. The zero-order chi connectivity index (χ0) is 41.0. The molecule has 290 valence electrons. The number of benzene rings is 10. The molecule has 10 aromatic carbocycles. The second-order valence-electron chi connectivity index (χ2n) is 16.0. The minimum atomic E-state index is 1.12. The number of hydrogen-bond donors (Lipinski definition) is 0. The van der Waals surface area contributed by atoms with Crippen LogP contribution in [0.25, 0.3) is 111 Å². The normalized spacial score (nSPS) is 11.5. The lowest BCUT2D eigenvalue weighted by Gasteiger charge is -2.17. The highest BCUT2D eigenvalue weighted by atomic mass is 15.0. The molecule has 0 spiro atoms. The molecule has 0 amide bonds. The SMILES string of the molecule is c1ccc(-c2cc(-c3ccccc3)c3c(c2)c2cccc(-c4cccc5c6cc(-c7ccccc7)cc(-c7ccccc7)c6n(-c6ccccc6)c45)c2n3-c2ccccc2)cc1. The van der Waals surface area contributed by atoms with Gasteiger partial charge < -0.3 is 9.13 Å². The predicted molar refractivity (Wildman–Crippen MR) is 262 cm³/mol. The van der Waals surface area contributed by atoms with E-state index >= 15 is 0 Å². The van der Waals surface area contributed by atoms with Crippen molar-refractivity contribution in [2.45, 2.75) is 0 Å². The van der Waals surface area contributed by atoms with Crippen molar-refractivity contribution >= 4 is 43.6 Å². The van der Waals surface area contributed by atoms with Gasteiger partial charge in [0.25, 0.3) is 0 Å². The maximum Gasteiger partial charge on any atom is 0.0620 e. The van der Waals surface area contributed by atoms with Gasteiger partial charge in [-0.25, -0.2) is 0 Å². The predicted octanol–water partition coefficient (Wildman–Crippen LogP) is 16.2. The molecule has 2 nitrogen and oxygen atoms in total. The summed E-state index contributed by atoms with van der Waals surface area (Å²) in [5, 5.41) is 4.88. The fourth-order valence-electron chi connectivity index (χ4n) is 9.76. The highest BCUT2D eigenvalue weighted by molar-refractivity contribution is 6.22. The third kappa shape index (κ3) is 5.80.